The van der Waals surface area contributed by atoms with Crippen LogP contribution >= 0.6 is 0 Å². The molecule has 0 bridgehead atoms. The molecule has 0 fully saturated rings. The molecule has 1 heteroatoms. The smallest absolute Gasteiger partial charge is 0.0865 e. The van der Waals surface area contributed by atoms with E-state index >= 15 is 0 Å². The zero-order valence-corrected chi connectivity index (χ0v) is 7.66. The third kappa shape index (κ3) is 1.50. The van der Waals surface area contributed by atoms with Gasteiger partial charge < -0.3 is 4.74 Å². The van der Waals surface area contributed by atoms with Gasteiger partial charge in [0.25, 0.3) is 0 Å². The number of fused-ring (bicyclic) bond motifs is 1. The monoisotopic (exact) mass is 172 g/mol. The quantitative estimate of drug-likeness (QED) is 0.591. The van der Waals surface area contributed by atoms with Crippen molar-refractivity contribution in [3.05, 3.63) is 47.7 Å². The third-order valence-corrected chi connectivity index (χ3v) is 2.20. The Hall–Kier alpha value is -1.50. The van der Waals surface area contributed by atoms with Gasteiger partial charge in [0.1, 0.15) is 0 Å². The number of methoxy groups -OCH3 is 1. The molecule has 0 aromatic heterocycles. The van der Waals surface area contributed by atoms with Crippen LogP contribution in [0.1, 0.15) is 17.5 Å². The highest BCUT2D eigenvalue weighted by Crippen LogP contribution is 2.28. The summed E-state index contributed by atoms with van der Waals surface area (Å²) in [4.78, 5) is 0. The number of benzene rings is 1. The molecule has 2 rings (SSSR count). The Morgan fingerprint density at radius 1 is 1.31 bits per heavy atom. The van der Waals surface area contributed by atoms with Crippen molar-refractivity contribution in [1.29, 1.82) is 0 Å². The van der Waals surface area contributed by atoms with Crippen molar-refractivity contribution in [2.24, 2.45) is 0 Å². The minimum Gasteiger partial charge on any atom is -0.504 e. The van der Waals surface area contributed by atoms with Gasteiger partial charge in [-0.3, -0.25) is 0 Å². The largest absolute Gasteiger partial charge is 0.504 e. The lowest BCUT2D eigenvalue weighted by Crippen LogP contribution is -1.93. The van der Waals surface area contributed by atoms with E-state index in [1.807, 2.05) is 6.26 Å². The summed E-state index contributed by atoms with van der Waals surface area (Å²) < 4.78 is 5.04. The summed E-state index contributed by atoms with van der Waals surface area (Å²) in [5.74, 6) is 0. The van der Waals surface area contributed by atoms with Crippen LogP contribution in [0.4, 0.5) is 0 Å². The van der Waals surface area contributed by atoms with Crippen molar-refractivity contribution in [3.8, 4) is 0 Å². The Morgan fingerprint density at radius 3 is 3.00 bits per heavy atom. The van der Waals surface area contributed by atoms with Gasteiger partial charge in [0.05, 0.1) is 13.4 Å². The first-order valence-corrected chi connectivity index (χ1v) is 4.39. The van der Waals surface area contributed by atoms with Crippen molar-refractivity contribution in [1.82, 2.24) is 0 Å². The van der Waals surface area contributed by atoms with E-state index in [0.717, 1.165) is 6.42 Å². The van der Waals surface area contributed by atoms with E-state index in [1.54, 1.807) is 7.11 Å². The molecule has 0 radical (unpaired) electrons. The Labute approximate surface area is 78.3 Å². The molecule has 1 aromatic rings. The van der Waals surface area contributed by atoms with Gasteiger partial charge in [0.2, 0.25) is 0 Å². The van der Waals surface area contributed by atoms with Gasteiger partial charge in [0.15, 0.2) is 0 Å². The number of hydrogen-bond acceptors (Lipinski definition) is 1. The highest BCUT2D eigenvalue weighted by atomic mass is 16.5. The standard InChI is InChI=1S/C12H12O/c1-13-9-11-7-4-6-10-5-2-3-8-12(10)11/h2-6,8-9H,7H2,1H3. The summed E-state index contributed by atoms with van der Waals surface area (Å²) in [6, 6.07) is 8.36. The van der Waals surface area contributed by atoms with E-state index in [1.165, 1.54) is 16.7 Å². The summed E-state index contributed by atoms with van der Waals surface area (Å²) in [5, 5.41) is 0. The Bertz CT molecular complexity index is 361. The number of hydrogen-bond donors (Lipinski definition) is 0. The first-order valence-electron chi connectivity index (χ1n) is 4.39. The maximum atomic E-state index is 5.04. The molecule has 0 saturated heterocycles. The first kappa shape index (κ1) is 8.11. The second-order valence-corrected chi connectivity index (χ2v) is 3.07. The van der Waals surface area contributed by atoms with E-state index in [9.17, 15) is 0 Å². The van der Waals surface area contributed by atoms with E-state index in [4.69, 9.17) is 4.74 Å². The van der Waals surface area contributed by atoms with Gasteiger partial charge in [-0.25, -0.2) is 0 Å². The average Bonchev–Trinajstić information content (AvgIpc) is 2.19. The zero-order valence-electron chi connectivity index (χ0n) is 7.66. The van der Waals surface area contributed by atoms with Crippen LogP contribution in [0.15, 0.2) is 36.6 Å². The van der Waals surface area contributed by atoms with Crippen LogP contribution in [-0.2, 0) is 4.74 Å². The molecular weight excluding hydrogens is 160 g/mol. The lowest BCUT2D eigenvalue weighted by Gasteiger charge is -2.12. The summed E-state index contributed by atoms with van der Waals surface area (Å²) in [5.41, 5.74) is 3.81. The molecule has 0 N–H and O–H groups in total. The van der Waals surface area contributed by atoms with E-state index < -0.39 is 0 Å². The first-order chi connectivity index (χ1) is 6.42. The Morgan fingerprint density at radius 2 is 2.15 bits per heavy atom. The van der Waals surface area contributed by atoms with Crippen LogP contribution in [0, 0.1) is 0 Å². The van der Waals surface area contributed by atoms with Gasteiger partial charge in [0, 0.05) is 0 Å². The molecule has 0 spiro atoms. The molecule has 0 amide bonds. The summed E-state index contributed by atoms with van der Waals surface area (Å²) in [6.45, 7) is 0. The molecule has 1 nitrogen and oxygen atoms in total. The molecule has 0 saturated carbocycles. The lowest BCUT2D eigenvalue weighted by molar-refractivity contribution is 0.339. The van der Waals surface area contributed by atoms with Crippen molar-refractivity contribution in [2.75, 3.05) is 7.11 Å². The number of rotatable bonds is 1. The molecule has 1 aliphatic carbocycles. The molecule has 0 unspecified atom stereocenters. The van der Waals surface area contributed by atoms with Crippen LogP contribution in [0.5, 0.6) is 0 Å². The Balaban J connectivity index is 2.49. The predicted octanol–water partition coefficient (Wildman–Crippen LogP) is 3.09. The normalized spacial score (nSPS) is 17.2. The van der Waals surface area contributed by atoms with Gasteiger partial charge in [-0.2, -0.15) is 0 Å². The van der Waals surface area contributed by atoms with Crippen molar-refractivity contribution in [3.63, 3.8) is 0 Å². The molecule has 66 valence electrons. The van der Waals surface area contributed by atoms with E-state index in [2.05, 4.69) is 36.4 Å². The average molecular weight is 172 g/mol. The maximum Gasteiger partial charge on any atom is 0.0865 e. The molecule has 0 aliphatic heterocycles. The lowest BCUT2D eigenvalue weighted by atomic mass is 9.93. The fourth-order valence-electron chi connectivity index (χ4n) is 1.61. The van der Waals surface area contributed by atoms with E-state index in [-0.39, 0.29) is 0 Å². The van der Waals surface area contributed by atoms with Crippen LogP contribution in [-0.4, -0.2) is 7.11 Å². The van der Waals surface area contributed by atoms with Crippen LogP contribution in [0.25, 0.3) is 11.6 Å². The SMILES string of the molecule is COC=C1CC=Cc2ccccc21. The minimum absolute atomic E-state index is 0.963. The van der Waals surface area contributed by atoms with Gasteiger partial charge in [-0.15, -0.1) is 0 Å². The van der Waals surface area contributed by atoms with Crippen LogP contribution < -0.4 is 0 Å². The number of ether oxygens (including phenoxy) is 1. The second-order valence-electron chi connectivity index (χ2n) is 3.07. The van der Waals surface area contributed by atoms with Crippen molar-refractivity contribution >= 4 is 11.6 Å². The molecule has 13 heavy (non-hydrogen) atoms. The minimum atomic E-state index is 0.963. The van der Waals surface area contributed by atoms with Crippen molar-refractivity contribution in [2.45, 2.75) is 6.42 Å². The molecule has 1 aliphatic rings. The zero-order chi connectivity index (χ0) is 9.10. The fourth-order valence-corrected chi connectivity index (χ4v) is 1.61. The predicted molar refractivity (Wildman–Crippen MR) is 55.1 cm³/mol. The van der Waals surface area contributed by atoms with Gasteiger partial charge in [-0.1, -0.05) is 36.4 Å². The molecule has 0 atom stereocenters. The van der Waals surface area contributed by atoms with Crippen LogP contribution in [0.3, 0.4) is 0 Å². The highest BCUT2D eigenvalue weighted by Gasteiger charge is 2.08. The Kier molecular flexibility index (Phi) is 2.17. The number of allylic oxidation sites excluding steroid dienone is 2. The topological polar surface area (TPSA) is 9.23 Å². The summed E-state index contributed by atoms with van der Waals surface area (Å²) >= 11 is 0. The summed E-state index contributed by atoms with van der Waals surface area (Å²) in [6.07, 6.45) is 7.10. The highest BCUT2D eigenvalue weighted by molar-refractivity contribution is 5.78. The molecule has 1 aromatic carbocycles. The van der Waals surface area contributed by atoms with Gasteiger partial charge in [-0.05, 0) is 23.1 Å². The maximum absolute atomic E-state index is 5.04. The third-order valence-electron chi connectivity index (χ3n) is 2.20. The second kappa shape index (κ2) is 3.48. The molecular formula is C12H12O. The van der Waals surface area contributed by atoms with Crippen LogP contribution in [0.2, 0.25) is 0 Å². The van der Waals surface area contributed by atoms with Crippen molar-refractivity contribution < 1.29 is 4.74 Å². The summed E-state index contributed by atoms with van der Waals surface area (Å²) in [7, 11) is 1.69. The molecule has 0 heterocycles. The fraction of sp³-hybridized carbons (Fsp3) is 0.167. The van der Waals surface area contributed by atoms with Gasteiger partial charge >= 0.3 is 0 Å². The van der Waals surface area contributed by atoms with E-state index in [0.29, 0.717) is 0 Å².